The first-order valence-corrected chi connectivity index (χ1v) is 10.1. The molecule has 1 amide bonds. The van der Waals surface area contributed by atoms with E-state index in [1.807, 2.05) is 38.1 Å². The largest absolute Gasteiger partial charge is 0.484 e. The van der Waals surface area contributed by atoms with Gasteiger partial charge in [0.15, 0.2) is 6.61 Å². The van der Waals surface area contributed by atoms with E-state index in [0.29, 0.717) is 11.1 Å². The number of halogens is 1. The maximum atomic E-state index is 13.1. The van der Waals surface area contributed by atoms with Gasteiger partial charge in [0.25, 0.3) is 11.1 Å². The van der Waals surface area contributed by atoms with Crippen LogP contribution in [0.5, 0.6) is 5.75 Å². The number of amides is 1. The number of thioether (sulfide) groups is 1. The second kappa shape index (κ2) is 9.56. The molecule has 0 N–H and O–H groups in total. The topological polar surface area (TPSA) is 68.5 Å². The number of carbonyl (C=O) groups is 1. The van der Waals surface area contributed by atoms with Crippen molar-refractivity contribution in [3.8, 4) is 5.75 Å². The van der Waals surface area contributed by atoms with Crippen molar-refractivity contribution in [2.45, 2.75) is 31.7 Å². The Morgan fingerprint density at radius 3 is 2.72 bits per heavy atom. The summed E-state index contributed by atoms with van der Waals surface area (Å²) in [4.78, 5) is 14.1. The minimum Gasteiger partial charge on any atom is -0.484 e. The molecule has 29 heavy (non-hydrogen) atoms. The van der Waals surface area contributed by atoms with E-state index in [1.54, 1.807) is 24.1 Å². The Morgan fingerprint density at radius 2 is 2.00 bits per heavy atom. The molecule has 1 heterocycles. The van der Waals surface area contributed by atoms with Gasteiger partial charge in [0.2, 0.25) is 5.91 Å². The standard InChI is InChI=1S/C21H22FN3O3S/c1-14-5-4-6-18(11-14)27-12-19-23-24-21(28-19)29-13-20(26)25(3)15(2)16-7-9-17(22)10-8-16/h4-11,15H,12-13H2,1-3H3. The van der Waals surface area contributed by atoms with Crippen LogP contribution in [0.4, 0.5) is 4.39 Å². The van der Waals surface area contributed by atoms with E-state index in [0.717, 1.165) is 16.9 Å². The molecular formula is C21H22FN3O3S. The number of hydrogen-bond acceptors (Lipinski definition) is 6. The molecule has 0 fully saturated rings. The van der Waals surface area contributed by atoms with E-state index in [1.165, 1.54) is 23.9 Å². The highest BCUT2D eigenvalue weighted by molar-refractivity contribution is 7.99. The SMILES string of the molecule is Cc1cccc(OCc2nnc(SCC(=O)N(C)C(C)c3ccc(F)cc3)o2)c1. The van der Waals surface area contributed by atoms with Crippen molar-refractivity contribution in [3.63, 3.8) is 0 Å². The van der Waals surface area contributed by atoms with Crippen molar-refractivity contribution < 1.29 is 18.3 Å². The third-order valence-electron chi connectivity index (χ3n) is 4.45. The zero-order valence-corrected chi connectivity index (χ0v) is 17.3. The molecule has 3 rings (SSSR count). The highest BCUT2D eigenvalue weighted by Gasteiger charge is 2.19. The Hall–Kier alpha value is -2.87. The molecule has 0 saturated carbocycles. The van der Waals surface area contributed by atoms with Gasteiger partial charge in [-0.25, -0.2) is 4.39 Å². The Labute approximate surface area is 173 Å². The summed E-state index contributed by atoms with van der Waals surface area (Å²) in [7, 11) is 1.71. The lowest BCUT2D eigenvalue weighted by Gasteiger charge is -2.25. The summed E-state index contributed by atoms with van der Waals surface area (Å²) < 4.78 is 24.2. The predicted molar refractivity (Wildman–Crippen MR) is 108 cm³/mol. The molecule has 8 heteroatoms. The Bertz CT molecular complexity index is 962. The number of hydrogen-bond donors (Lipinski definition) is 0. The summed E-state index contributed by atoms with van der Waals surface area (Å²) in [6.45, 7) is 4.04. The smallest absolute Gasteiger partial charge is 0.277 e. The number of rotatable bonds is 8. The average molecular weight is 415 g/mol. The highest BCUT2D eigenvalue weighted by Crippen LogP contribution is 2.22. The lowest BCUT2D eigenvalue weighted by molar-refractivity contribution is -0.128. The molecule has 2 aromatic carbocycles. The van der Waals surface area contributed by atoms with Gasteiger partial charge in [0.1, 0.15) is 11.6 Å². The summed E-state index contributed by atoms with van der Waals surface area (Å²) in [5.41, 5.74) is 1.96. The van der Waals surface area contributed by atoms with Crippen LogP contribution in [0.25, 0.3) is 0 Å². The van der Waals surface area contributed by atoms with Crippen LogP contribution < -0.4 is 4.74 Å². The van der Waals surface area contributed by atoms with Crippen molar-refractivity contribution in [1.29, 1.82) is 0 Å². The molecule has 0 aliphatic carbocycles. The monoisotopic (exact) mass is 415 g/mol. The van der Waals surface area contributed by atoms with Gasteiger partial charge in [0.05, 0.1) is 11.8 Å². The van der Waals surface area contributed by atoms with Crippen LogP contribution in [0.2, 0.25) is 0 Å². The molecular weight excluding hydrogens is 393 g/mol. The first-order valence-electron chi connectivity index (χ1n) is 9.08. The molecule has 0 radical (unpaired) electrons. The highest BCUT2D eigenvalue weighted by atomic mass is 32.2. The summed E-state index contributed by atoms with van der Waals surface area (Å²) in [5, 5.41) is 8.20. The number of nitrogens with zero attached hydrogens (tertiary/aromatic N) is 3. The van der Waals surface area contributed by atoms with E-state index in [-0.39, 0.29) is 30.1 Å². The maximum absolute atomic E-state index is 13.1. The quantitative estimate of drug-likeness (QED) is 0.508. The second-order valence-corrected chi connectivity index (χ2v) is 7.51. The van der Waals surface area contributed by atoms with E-state index >= 15 is 0 Å². The van der Waals surface area contributed by atoms with Crippen molar-refractivity contribution in [2.75, 3.05) is 12.8 Å². The van der Waals surface area contributed by atoms with Crippen molar-refractivity contribution in [2.24, 2.45) is 0 Å². The van der Waals surface area contributed by atoms with Crippen LogP contribution in [0, 0.1) is 12.7 Å². The third kappa shape index (κ3) is 5.80. The number of ether oxygens (including phenoxy) is 1. The third-order valence-corrected chi connectivity index (χ3v) is 5.25. The Morgan fingerprint density at radius 1 is 1.24 bits per heavy atom. The lowest BCUT2D eigenvalue weighted by Crippen LogP contribution is -2.31. The van der Waals surface area contributed by atoms with Crippen LogP contribution >= 0.6 is 11.8 Å². The first kappa shape index (κ1) is 20.9. The van der Waals surface area contributed by atoms with Gasteiger partial charge >= 0.3 is 0 Å². The van der Waals surface area contributed by atoms with Gasteiger partial charge in [-0.05, 0) is 49.2 Å². The van der Waals surface area contributed by atoms with Crippen LogP contribution in [0.1, 0.15) is 30.0 Å². The van der Waals surface area contributed by atoms with Gasteiger partial charge < -0.3 is 14.1 Å². The minimum atomic E-state index is -0.302. The number of carbonyl (C=O) groups excluding carboxylic acids is 1. The van der Waals surface area contributed by atoms with Crippen LogP contribution in [-0.2, 0) is 11.4 Å². The van der Waals surface area contributed by atoms with Crippen LogP contribution in [0.15, 0.2) is 58.2 Å². The van der Waals surface area contributed by atoms with Gasteiger partial charge in [0, 0.05) is 7.05 Å². The fourth-order valence-corrected chi connectivity index (χ4v) is 3.32. The predicted octanol–water partition coefficient (Wildman–Crippen LogP) is 4.41. The Kier molecular flexibility index (Phi) is 6.87. The summed E-state index contributed by atoms with van der Waals surface area (Å²) in [6, 6.07) is 13.6. The molecule has 0 bridgehead atoms. The fourth-order valence-electron chi connectivity index (χ4n) is 2.61. The summed E-state index contributed by atoms with van der Waals surface area (Å²) >= 11 is 1.17. The van der Waals surface area contributed by atoms with Gasteiger partial charge in [-0.3, -0.25) is 4.79 Å². The summed E-state index contributed by atoms with van der Waals surface area (Å²) in [6.07, 6.45) is 0. The minimum absolute atomic E-state index is 0.0948. The van der Waals surface area contributed by atoms with Crippen molar-refractivity contribution in [3.05, 3.63) is 71.4 Å². The summed E-state index contributed by atoms with van der Waals surface area (Å²) in [5.74, 6) is 0.827. The molecule has 0 saturated heterocycles. The maximum Gasteiger partial charge on any atom is 0.277 e. The van der Waals surface area contributed by atoms with Gasteiger partial charge in [-0.15, -0.1) is 10.2 Å². The van der Waals surface area contributed by atoms with E-state index in [2.05, 4.69) is 10.2 Å². The zero-order chi connectivity index (χ0) is 20.8. The molecule has 1 aromatic heterocycles. The van der Waals surface area contributed by atoms with E-state index in [9.17, 15) is 9.18 Å². The van der Waals surface area contributed by atoms with Gasteiger partial charge in [-0.1, -0.05) is 36.0 Å². The lowest BCUT2D eigenvalue weighted by atomic mass is 10.1. The van der Waals surface area contributed by atoms with Gasteiger partial charge in [-0.2, -0.15) is 0 Å². The van der Waals surface area contributed by atoms with Crippen LogP contribution in [0.3, 0.4) is 0 Å². The van der Waals surface area contributed by atoms with E-state index < -0.39 is 0 Å². The first-order chi connectivity index (χ1) is 13.9. The molecule has 0 spiro atoms. The Balaban J connectivity index is 1.49. The van der Waals surface area contributed by atoms with Crippen molar-refractivity contribution >= 4 is 17.7 Å². The molecule has 6 nitrogen and oxygen atoms in total. The molecule has 1 atom stereocenters. The second-order valence-electron chi connectivity index (χ2n) is 6.59. The number of aromatic nitrogens is 2. The average Bonchev–Trinajstić information content (AvgIpc) is 3.18. The fraction of sp³-hybridized carbons (Fsp3) is 0.286. The van der Waals surface area contributed by atoms with E-state index in [4.69, 9.17) is 9.15 Å². The number of aryl methyl sites for hydroxylation is 1. The number of benzene rings is 2. The normalized spacial score (nSPS) is 11.9. The molecule has 0 aliphatic rings. The van der Waals surface area contributed by atoms with Crippen molar-refractivity contribution in [1.82, 2.24) is 15.1 Å². The zero-order valence-electron chi connectivity index (χ0n) is 16.5. The molecule has 152 valence electrons. The van der Waals surface area contributed by atoms with Crippen LogP contribution in [-0.4, -0.2) is 33.8 Å². The molecule has 1 unspecified atom stereocenters. The molecule has 0 aliphatic heterocycles. The molecule has 3 aromatic rings.